The Bertz CT molecular complexity index is 1490. The molecule has 0 aliphatic heterocycles. The zero-order chi connectivity index (χ0) is 55.5. The highest BCUT2D eigenvalue weighted by molar-refractivity contribution is 5.76. The quantitative estimate of drug-likeness (QED) is 0.0420. The lowest BCUT2D eigenvalue weighted by Crippen LogP contribution is -2.45. The van der Waals surface area contributed by atoms with Crippen molar-refractivity contribution < 1.29 is 15.0 Å². The lowest BCUT2D eigenvalue weighted by atomic mass is 10.0. The first-order valence-electron chi connectivity index (χ1n) is 33.2. The number of rotatable bonds is 60. The molecule has 0 spiro atoms. The predicted molar refractivity (Wildman–Crippen MR) is 345 cm³/mol. The third-order valence-corrected chi connectivity index (χ3v) is 14.7. The lowest BCUT2D eigenvalue weighted by Gasteiger charge is -2.19. The van der Waals surface area contributed by atoms with Crippen molar-refractivity contribution in [3.8, 4) is 0 Å². The van der Waals surface area contributed by atoms with Crippen LogP contribution < -0.4 is 5.32 Å². The molecule has 0 radical (unpaired) electrons. The van der Waals surface area contributed by atoms with Gasteiger partial charge in [-0.15, -0.1) is 0 Å². The van der Waals surface area contributed by atoms with Crippen LogP contribution in [0.25, 0.3) is 0 Å². The molecule has 0 aliphatic carbocycles. The van der Waals surface area contributed by atoms with Gasteiger partial charge in [-0.25, -0.2) is 0 Å². The number of unbranched alkanes of at least 4 members (excludes halogenated alkanes) is 35. The second kappa shape index (κ2) is 67.1. The number of carbonyl (C=O) groups is 1. The van der Waals surface area contributed by atoms with E-state index in [4.69, 9.17) is 0 Å². The number of hydrogen-bond donors (Lipinski definition) is 3. The van der Waals surface area contributed by atoms with Gasteiger partial charge in [0, 0.05) is 6.42 Å². The highest BCUT2D eigenvalue weighted by atomic mass is 16.3. The summed E-state index contributed by atoms with van der Waals surface area (Å²) in [6.45, 7) is 4.20. The zero-order valence-electron chi connectivity index (χ0n) is 50.9. The van der Waals surface area contributed by atoms with Gasteiger partial charge in [0.05, 0.1) is 18.8 Å². The summed E-state index contributed by atoms with van der Waals surface area (Å²) in [5.41, 5.74) is 0. The van der Waals surface area contributed by atoms with Crippen LogP contribution in [0.2, 0.25) is 0 Å². The zero-order valence-corrected chi connectivity index (χ0v) is 50.9. The third kappa shape index (κ3) is 63.5. The van der Waals surface area contributed by atoms with Gasteiger partial charge in [-0.05, 0) is 103 Å². The summed E-state index contributed by atoms with van der Waals surface area (Å²) >= 11 is 0. The molecule has 0 aromatic rings. The maximum absolute atomic E-state index is 12.5. The highest BCUT2D eigenvalue weighted by Crippen LogP contribution is 2.17. The lowest BCUT2D eigenvalue weighted by molar-refractivity contribution is -0.123. The van der Waals surface area contributed by atoms with Gasteiger partial charge in [-0.2, -0.15) is 0 Å². The molecule has 4 nitrogen and oxygen atoms in total. The topological polar surface area (TPSA) is 69.6 Å². The summed E-state index contributed by atoms with van der Waals surface area (Å²) in [5.74, 6) is -0.0779. The maximum atomic E-state index is 12.5. The molecule has 0 bridgehead atoms. The van der Waals surface area contributed by atoms with Gasteiger partial charge in [0.15, 0.2) is 0 Å². The van der Waals surface area contributed by atoms with E-state index in [2.05, 4.69) is 129 Å². The molecule has 2 atom stereocenters. The summed E-state index contributed by atoms with van der Waals surface area (Å²) in [6.07, 6.45) is 103. The molecular formula is C73H127NO3. The van der Waals surface area contributed by atoms with Crippen molar-refractivity contribution in [3.05, 3.63) is 122 Å². The molecule has 0 heterocycles. The van der Waals surface area contributed by atoms with Gasteiger partial charge >= 0.3 is 0 Å². The molecule has 77 heavy (non-hydrogen) atoms. The average molecular weight is 1070 g/mol. The molecule has 4 heteroatoms. The molecule has 0 saturated heterocycles. The van der Waals surface area contributed by atoms with Crippen molar-refractivity contribution in [2.75, 3.05) is 6.61 Å². The fraction of sp³-hybridized carbons (Fsp3) is 0.712. The number of aliphatic hydroxyl groups excluding tert-OH is 2. The number of nitrogens with one attached hydrogen (secondary N) is 1. The largest absolute Gasteiger partial charge is 0.394 e. The van der Waals surface area contributed by atoms with Crippen molar-refractivity contribution in [1.82, 2.24) is 5.32 Å². The fourth-order valence-electron chi connectivity index (χ4n) is 9.66. The minimum atomic E-state index is -0.877. The molecule has 0 fully saturated rings. The second-order valence-corrected chi connectivity index (χ2v) is 22.1. The standard InChI is InChI=1S/C73H127NO3/c1-3-5-7-9-11-13-15-17-19-21-23-25-27-29-31-32-33-34-35-36-37-38-39-40-41-42-43-45-47-49-51-53-55-57-59-61-63-65-67-69-73(77)74-71(70-75)72(76)68-66-64-62-60-58-56-54-52-50-48-46-44-30-28-26-24-22-20-18-16-14-12-10-8-6-4-2/h5,7,11,13,17,19,23,25,29,31,33-34,36-37,50,52,58,60,66,68,71-72,75-76H,3-4,6,8-10,12,14-16,18,20-22,24,26-28,30,32,35,38-49,51,53-57,59,61-65,67,69-70H2,1-2H3,(H,74,77)/b7-5-,13-11-,19-17-,25-23-,31-29-,34-33-,37-36-,52-50+,60-58+,68-66+. The van der Waals surface area contributed by atoms with Crippen molar-refractivity contribution in [1.29, 1.82) is 0 Å². The molecule has 0 saturated carbocycles. The van der Waals surface area contributed by atoms with E-state index >= 15 is 0 Å². The van der Waals surface area contributed by atoms with Crippen molar-refractivity contribution in [2.24, 2.45) is 0 Å². The summed E-state index contributed by atoms with van der Waals surface area (Å²) in [5, 5.41) is 23.2. The van der Waals surface area contributed by atoms with Crippen LogP contribution in [0.5, 0.6) is 0 Å². The summed E-state index contributed by atoms with van der Waals surface area (Å²) in [4.78, 5) is 12.5. The average Bonchev–Trinajstić information content (AvgIpc) is 3.43. The van der Waals surface area contributed by atoms with E-state index in [1.54, 1.807) is 6.08 Å². The molecule has 0 aromatic carbocycles. The van der Waals surface area contributed by atoms with Crippen LogP contribution in [0, 0.1) is 0 Å². The van der Waals surface area contributed by atoms with Gasteiger partial charge in [0.25, 0.3) is 0 Å². The minimum absolute atomic E-state index is 0.0779. The summed E-state index contributed by atoms with van der Waals surface area (Å²) < 4.78 is 0. The summed E-state index contributed by atoms with van der Waals surface area (Å²) in [7, 11) is 0. The third-order valence-electron chi connectivity index (χ3n) is 14.7. The molecule has 3 N–H and O–H groups in total. The first-order valence-corrected chi connectivity index (χ1v) is 33.2. The van der Waals surface area contributed by atoms with Gasteiger partial charge < -0.3 is 15.5 Å². The summed E-state index contributed by atoms with van der Waals surface area (Å²) in [6, 6.07) is -0.653. The van der Waals surface area contributed by atoms with Gasteiger partial charge in [0.1, 0.15) is 0 Å². The normalized spacial score (nSPS) is 13.6. The Morgan fingerprint density at radius 1 is 0.325 bits per heavy atom. The van der Waals surface area contributed by atoms with E-state index in [-0.39, 0.29) is 12.5 Å². The number of aliphatic hydroxyl groups is 2. The van der Waals surface area contributed by atoms with Gasteiger partial charge in [-0.1, -0.05) is 328 Å². The molecular weight excluding hydrogens is 939 g/mol. The van der Waals surface area contributed by atoms with Crippen LogP contribution >= 0.6 is 0 Å². The van der Waals surface area contributed by atoms with E-state index in [0.29, 0.717) is 6.42 Å². The number of amides is 1. The monoisotopic (exact) mass is 1070 g/mol. The van der Waals surface area contributed by atoms with E-state index in [1.807, 2.05) is 6.08 Å². The van der Waals surface area contributed by atoms with Gasteiger partial charge in [-0.3, -0.25) is 4.79 Å². The Kier molecular flexibility index (Phi) is 64.3. The SMILES string of the molecule is CC/C=C\C/C=C\C/C=C\C/C=C\C/C=C\C/C=C\C/C=C\CCCCCCCCCCCCCCCCCCCC(=O)NC(CO)C(O)/C=C/CC/C=C/CC/C=C/CCCCCCCCCCCCCCCCCC. The Morgan fingerprint density at radius 2 is 0.584 bits per heavy atom. The number of allylic oxidation sites excluding steroid dienone is 19. The van der Waals surface area contributed by atoms with Crippen LogP contribution in [0.1, 0.15) is 316 Å². The minimum Gasteiger partial charge on any atom is -0.394 e. The predicted octanol–water partition coefficient (Wildman–Crippen LogP) is 22.8. The van der Waals surface area contributed by atoms with Crippen LogP contribution in [-0.2, 0) is 4.79 Å². The van der Waals surface area contributed by atoms with Crippen LogP contribution in [0.15, 0.2) is 122 Å². The first-order chi connectivity index (χ1) is 38.2. The van der Waals surface area contributed by atoms with E-state index < -0.39 is 12.1 Å². The van der Waals surface area contributed by atoms with E-state index in [0.717, 1.165) is 83.5 Å². The van der Waals surface area contributed by atoms with Gasteiger partial charge in [0.2, 0.25) is 5.91 Å². The molecule has 0 aliphatic rings. The van der Waals surface area contributed by atoms with Crippen LogP contribution in [0.3, 0.4) is 0 Å². The second-order valence-electron chi connectivity index (χ2n) is 22.1. The van der Waals surface area contributed by atoms with E-state index in [9.17, 15) is 15.0 Å². The van der Waals surface area contributed by atoms with Crippen molar-refractivity contribution in [2.45, 2.75) is 328 Å². The molecule has 0 aromatic heterocycles. The highest BCUT2D eigenvalue weighted by Gasteiger charge is 2.18. The Balaban J connectivity index is 3.54. The number of carbonyl (C=O) groups excluding carboxylic acids is 1. The molecule has 2 unspecified atom stereocenters. The van der Waals surface area contributed by atoms with Crippen molar-refractivity contribution in [3.63, 3.8) is 0 Å². The molecule has 0 rings (SSSR count). The van der Waals surface area contributed by atoms with Crippen molar-refractivity contribution >= 4 is 5.91 Å². The maximum Gasteiger partial charge on any atom is 0.220 e. The smallest absolute Gasteiger partial charge is 0.220 e. The molecule has 1 amide bonds. The Hall–Kier alpha value is -3.21. The Labute approximate surface area is 479 Å². The van der Waals surface area contributed by atoms with Crippen LogP contribution in [0.4, 0.5) is 0 Å². The van der Waals surface area contributed by atoms with E-state index in [1.165, 1.54) is 212 Å². The fourth-order valence-corrected chi connectivity index (χ4v) is 9.66. The number of hydrogen-bond acceptors (Lipinski definition) is 3. The molecule has 442 valence electrons. The van der Waals surface area contributed by atoms with Crippen LogP contribution in [-0.4, -0.2) is 34.9 Å². The first kappa shape index (κ1) is 73.8. The Morgan fingerprint density at radius 3 is 0.909 bits per heavy atom.